The first-order valence-corrected chi connectivity index (χ1v) is 10.1. The van der Waals surface area contributed by atoms with E-state index in [1.165, 1.54) is 17.0 Å². The van der Waals surface area contributed by atoms with Crippen LogP contribution in [-0.2, 0) is 4.79 Å². The van der Waals surface area contributed by atoms with Gasteiger partial charge in [-0.25, -0.2) is 9.18 Å². The van der Waals surface area contributed by atoms with Crippen LogP contribution in [0.2, 0.25) is 0 Å². The van der Waals surface area contributed by atoms with E-state index in [1.54, 1.807) is 30.0 Å². The van der Waals surface area contributed by atoms with Crippen LogP contribution in [0.4, 0.5) is 9.18 Å². The van der Waals surface area contributed by atoms with Crippen LogP contribution in [0.15, 0.2) is 24.3 Å². The first kappa shape index (κ1) is 19.2. The van der Waals surface area contributed by atoms with Gasteiger partial charge >= 0.3 is 6.03 Å². The number of benzene rings is 1. The molecule has 28 heavy (non-hydrogen) atoms. The van der Waals surface area contributed by atoms with Crippen LogP contribution in [0.3, 0.4) is 0 Å². The van der Waals surface area contributed by atoms with Gasteiger partial charge in [0.05, 0.1) is 6.04 Å². The molecule has 0 radical (unpaired) electrons. The lowest BCUT2D eigenvalue weighted by Crippen LogP contribution is -2.48. The van der Waals surface area contributed by atoms with Crippen LogP contribution in [0.5, 0.6) is 0 Å². The van der Waals surface area contributed by atoms with Gasteiger partial charge < -0.3 is 19.8 Å². The molecule has 0 aromatic heterocycles. The summed E-state index contributed by atoms with van der Waals surface area (Å²) >= 11 is 0. The van der Waals surface area contributed by atoms with Gasteiger partial charge in [-0.05, 0) is 43.4 Å². The van der Waals surface area contributed by atoms with Crippen molar-refractivity contribution in [2.45, 2.75) is 37.3 Å². The lowest BCUT2D eigenvalue weighted by molar-refractivity contribution is -0.150. The Hall–Kier alpha value is -2.15. The maximum Gasteiger partial charge on any atom is 0.320 e. The zero-order valence-corrected chi connectivity index (χ0v) is 16.5. The van der Waals surface area contributed by atoms with Crippen molar-refractivity contribution in [2.24, 2.45) is 11.8 Å². The summed E-state index contributed by atoms with van der Waals surface area (Å²) in [6, 6.07) is 6.02. The highest BCUT2D eigenvalue weighted by Gasteiger charge is 2.53. The minimum absolute atomic E-state index is 0.0413. The van der Waals surface area contributed by atoms with Crippen molar-refractivity contribution in [1.29, 1.82) is 0 Å². The van der Waals surface area contributed by atoms with Gasteiger partial charge in [0.15, 0.2) is 0 Å². The second kappa shape index (κ2) is 7.03. The van der Waals surface area contributed by atoms with Crippen molar-refractivity contribution in [3.63, 3.8) is 0 Å². The van der Waals surface area contributed by atoms with Crippen molar-refractivity contribution >= 4 is 11.9 Å². The number of fused-ring (bicyclic) bond motifs is 1. The number of aliphatic hydroxyl groups is 1. The lowest BCUT2D eigenvalue weighted by atomic mass is 9.89. The van der Waals surface area contributed by atoms with E-state index in [2.05, 4.69) is 0 Å². The largest absolute Gasteiger partial charge is 0.380 e. The lowest BCUT2D eigenvalue weighted by Gasteiger charge is -2.33. The zero-order chi connectivity index (χ0) is 20.1. The minimum Gasteiger partial charge on any atom is -0.380 e. The Morgan fingerprint density at radius 2 is 1.89 bits per heavy atom. The zero-order valence-electron chi connectivity index (χ0n) is 16.5. The number of nitrogens with zero attached hydrogens (tertiary/aromatic N) is 3. The Morgan fingerprint density at radius 3 is 2.54 bits per heavy atom. The molecule has 1 aliphatic carbocycles. The molecule has 0 unspecified atom stereocenters. The van der Waals surface area contributed by atoms with Crippen molar-refractivity contribution in [3.05, 3.63) is 35.6 Å². The Bertz CT molecular complexity index is 778. The average Bonchev–Trinajstić information content (AvgIpc) is 3.34. The number of rotatable bonds is 2. The van der Waals surface area contributed by atoms with Crippen LogP contribution in [0.25, 0.3) is 0 Å². The molecule has 0 spiro atoms. The van der Waals surface area contributed by atoms with Crippen LogP contribution in [-0.4, -0.2) is 71.1 Å². The smallest absolute Gasteiger partial charge is 0.320 e. The molecule has 6 nitrogen and oxygen atoms in total. The van der Waals surface area contributed by atoms with Crippen molar-refractivity contribution in [2.75, 3.05) is 33.7 Å². The fourth-order valence-corrected chi connectivity index (χ4v) is 5.25. The average molecular weight is 389 g/mol. The quantitative estimate of drug-likeness (QED) is 0.844. The summed E-state index contributed by atoms with van der Waals surface area (Å²) in [6.07, 6.45) is 2.80. The Labute approximate surface area is 164 Å². The van der Waals surface area contributed by atoms with Gasteiger partial charge in [0.25, 0.3) is 5.91 Å². The van der Waals surface area contributed by atoms with Crippen molar-refractivity contribution in [1.82, 2.24) is 14.7 Å². The second-order valence-corrected chi connectivity index (χ2v) is 8.70. The third-order valence-corrected chi connectivity index (χ3v) is 6.60. The molecule has 3 aliphatic rings. The van der Waals surface area contributed by atoms with Crippen LogP contribution < -0.4 is 0 Å². The summed E-state index contributed by atoms with van der Waals surface area (Å²) in [6.45, 7) is 1.56. The molecule has 7 heteroatoms. The van der Waals surface area contributed by atoms with E-state index in [0.29, 0.717) is 32.5 Å². The number of likely N-dealkylation sites (tertiary alicyclic amines) is 2. The van der Waals surface area contributed by atoms with E-state index < -0.39 is 5.60 Å². The van der Waals surface area contributed by atoms with E-state index in [-0.39, 0.29) is 35.6 Å². The monoisotopic (exact) mass is 389 g/mol. The number of carbonyl (C=O) groups is 2. The van der Waals surface area contributed by atoms with Crippen LogP contribution in [0, 0.1) is 17.7 Å². The predicted molar refractivity (Wildman–Crippen MR) is 102 cm³/mol. The third kappa shape index (κ3) is 3.15. The Morgan fingerprint density at radius 1 is 1.18 bits per heavy atom. The summed E-state index contributed by atoms with van der Waals surface area (Å²) < 4.78 is 13.9. The molecule has 152 valence electrons. The summed E-state index contributed by atoms with van der Waals surface area (Å²) in [4.78, 5) is 30.8. The fourth-order valence-electron chi connectivity index (χ4n) is 5.25. The summed E-state index contributed by atoms with van der Waals surface area (Å²) in [5, 5.41) is 10.7. The minimum atomic E-state index is -1.23. The third-order valence-electron chi connectivity index (χ3n) is 6.60. The summed E-state index contributed by atoms with van der Waals surface area (Å²) in [7, 11) is 3.43. The molecule has 1 saturated carbocycles. The molecular weight excluding hydrogens is 361 g/mol. The van der Waals surface area contributed by atoms with Gasteiger partial charge in [-0.1, -0.05) is 12.1 Å². The Kier molecular flexibility index (Phi) is 4.81. The van der Waals surface area contributed by atoms with Crippen molar-refractivity contribution < 1.29 is 19.1 Å². The van der Waals surface area contributed by atoms with Gasteiger partial charge in [-0.3, -0.25) is 4.79 Å². The van der Waals surface area contributed by atoms with Crippen LogP contribution in [0.1, 0.15) is 37.3 Å². The van der Waals surface area contributed by atoms with E-state index in [9.17, 15) is 19.1 Å². The number of hydrogen-bond acceptors (Lipinski definition) is 3. The predicted octanol–water partition coefficient (Wildman–Crippen LogP) is 2.24. The van der Waals surface area contributed by atoms with Gasteiger partial charge in [0.1, 0.15) is 11.4 Å². The van der Waals surface area contributed by atoms with E-state index in [4.69, 9.17) is 0 Å². The first-order valence-electron chi connectivity index (χ1n) is 10.1. The topological polar surface area (TPSA) is 64.1 Å². The van der Waals surface area contributed by atoms with E-state index >= 15 is 0 Å². The maximum absolute atomic E-state index is 13.9. The molecule has 3 atom stereocenters. The standard InChI is InChI=1S/C21H28FN3O3/c1-23(2)20(27)25-12-15-11-24(19(26)21(28)8-3-4-9-21)13-17(15)18(25)14-6-5-7-16(22)10-14/h5-7,10,15,17-18,28H,3-4,8-9,11-13H2,1-2H3/t15-,17-,18+/m1/s1. The molecule has 1 N–H and O–H groups in total. The molecule has 1 aromatic rings. The molecule has 2 aliphatic heterocycles. The van der Waals surface area contributed by atoms with Gasteiger partial charge in [0.2, 0.25) is 0 Å². The van der Waals surface area contributed by atoms with E-state index in [1.807, 2.05) is 6.07 Å². The number of amides is 3. The van der Waals surface area contributed by atoms with Gasteiger partial charge in [0, 0.05) is 45.6 Å². The molecule has 4 rings (SSSR count). The van der Waals surface area contributed by atoms with Crippen LogP contribution >= 0.6 is 0 Å². The highest BCUT2D eigenvalue weighted by Crippen LogP contribution is 2.46. The first-order chi connectivity index (χ1) is 13.3. The van der Waals surface area contributed by atoms with Crippen molar-refractivity contribution in [3.8, 4) is 0 Å². The number of urea groups is 1. The molecule has 1 aromatic carbocycles. The maximum atomic E-state index is 13.9. The molecule has 3 amide bonds. The van der Waals surface area contributed by atoms with Gasteiger partial charge in [-0.2, -0.15) is 0 Å². The second-order valence-electron chi connectivity index (χ2n) is 8.70. The summed E-state index contributed by atoms with van der Waals surface area (Å²) in [5.41, 5.74) is -0.469. The number of halogens is 1. The molecule has 2 saturated heterocycles. The normalized spacial score (nSPS) is 28.5. The Balaban J connectivity index is 1.60. The van der Waals surface area contributed by atoms with Gasteiger partial charge in [-0.15, -0.1) is 0 Å². The van der Waals surface area contributed by atoms with E-state index in [0.717, 1.165) is 18.4 Å². The number of hydrogen-bond donors (Lipinski definition) is 1. The summed E-state index contributed by atoms with van der Waals surface area (Å²) in [5.74, 6) is -0.335. The highest BCUT2D eigenvalue weighted by molar-refractivity contribution is 5.85. The molecule has 3 fully saturated rings. The number of carbonyl (C=O) groups excluding carboxylic acids is 2. The molecular formula is C21H28FN3O3. The molecule has 0 bridgehead atoms. The fraction of sp³-hybridized carbons (Fsp3) is 0.619. The SMILES string of the molecule is CN(C)C(=O)N1C[C@H]2CN(C(=O)C3(O)CCCC3)C[C@H]2[C@@H]1c1cccc(F)c1. The highest BCUT2D eigenvalue weighted by atomic mass is 19.1. The molecule has 2 heterocycles.